The van der Waals surface area contributed by atoms with Crippen molar-refractivity contribution in [3.05, 3.63) is 12.2 Å². The molecule has 0 radical (unpaired) electrons. The zero-order valence-electron chi connectivity index (χ0n) is 9.05. The molecule has 1 fully saturated rings. The van der Waals surface area contributed by atoms with Crippen LogP contribution < -0.4 is 0 Å². The van der Waals surface area contributed by atoms with Crippen molar-refractivity contribution in [1.29, 1.82) is 0 Å². The van der Waals surface area contributed by atoms with Crippen LogP contribution in [0.4, 0.5) is 0 Å². The van der Waals surface area contributed by atoms with Crippen LogP contribution in [0.3, 0.4) is 0 Å². The normalized spacial score (nSPS) is 17.8. The Labute approximate surface area is 86.3 Å². The third kappa shape index (κ3) is 3.95. The number of ether oxygens (including phenoxy) is 1. The first kappa shape index (κ1) is 11.3. The van der Waals surface area contributed by atoms with E-state index in [0.29, 0.717) is 12.2 Å². The van der Waals surface area contributed by atoms with Gasteiger partial charge in [-0.25, -0.2) is 4.79 Å². The molecule has 0 bridgehead atoms. The zero-order valence-corrected chi connectivity index (χ0v) is 9.05. The van der Waals surface area contributed by atoms with E-state index in [1.54, 1.807) is 6.92 Å². The molecule has 2 heteroatoms. The topological polar surface area (TPSA) is 26.3 Å². The first-order valence-corrected chi connectivity index (χ1v) is 5.53. The van der Waals surface area contributed by atoms with Gasteiger partial charge in [0.05, 0.1) is 6.61 Å². The first-order valence-electron chi connectivity index (χ1n) is 5.53. The highest BCUT2D eigenvalue weighted by Gasteiger charge is 2.13. The van der Waals surface area contributed by atoms with Crippen molar-refractivity contribution >= 4 is 5.97 Å². The van der Waals surface area contributed by atoms with Gasteiger partial charge in [0, 0.05) is 5.57 Å². The van der Waals surface area contributed by atoms with Crippen LogP contribution in [-0.4, -0.2) is 12.6 Å². The summed E-state index contributed by atoms with van der Waals surface area (Å²) in [6.07, 6.45) is 7.72. The van der Waals surface area contributed by atoms with Crippen molar-refractivity contribution in [1.82, 2.24) is 0 Å². The van der Waals surface area contributed by atoms with E-state index in [2.05, 4.69) is 6.58 Å². The molecule has 1 aliphatic rings. The van der Waals surface area contributed by atoms with E-state index in [-0.39, 0.29) is 5.97 Å². The molecule has 0 aromatic heterocycles. The van der Waals surface area contributed by atoms with E-state index in [0.717, 1.165) is 12.3 Å². The Kier molecular flexibility index (Phi) is 4.71. The third-order valence-electron chi connectivity index (χ3n) is 2.83. The van der Waals surface area contributed by atoms with Gasteiger partial charge in [0.25, 0.3) is 0 Å². The lowest BCUT2D eigenvalue weighted by molar-refractivity contribution is -0.139. The van der Waals surface area contributed by atoms with Crippen LogP contribution in [0, 0.1) is 5.92 Å². The predicted octanol–water partition coefficient (Wildman–Crippen LogP) is 3.08. The van der Waals surface area contributed by atoms with E-state index in [4.69, 9.17) is 4.74 Å². The zero-order chi connectivity index (χ0) is 10.4. The van der Waals surface area contributed by atoms with Gasteiger partial charge >= 0.3 is 5.97 Å². The maximum absolute atomic E-state index is 11.1. The van der Waals surface area contributed by atoms with Crippen molar-refractivity contribution in [3.8, 4) is 0 Å². The molecule has 0 saturated heterocycles. The molecule has 2 nitrogen and oxygen atoms in total. The Morgan fingerprint density at radius 2 is 2.00 bits per heavy atom. The van der Waals surface area contributed by atoms with Crippen LogP contribution in [0.25, 0.3) is 0 Å². The molecule has 0 atom stereocenters. The molecule has 0 amide bonds. The highest BCUT2D eigenvalue weighted by Crippen LogP contribution is 2.26. The van der Waals surface area contributed by atoms with Crippen LogP contribution in [0.1, 0.15) is 45.4 Å². The molecule has 0 N–H and O–H groups in total. The summed E-state index contributed by atoms with van der Waals surface area (Å²) in [5.74, 6) is 0.530. The van der Waals surface area contributed by atoms with Gasteiger partial charge in [-0.1, -0.05) is 38.7 Å². The Morgan fingerprint density at radius 1 is 1.36 bits per heavy atom. The van der Waals surface area contributed by atoms with Crippen molar-refractivity contribution in [2.24, 2.45) is 5.92 Å². The van der Waals surface area contributed by atoms with E-state index < -0.39 is 0 Å². The Morgan fingerprint density at radius 3 is 2.57 bits per heavy atom. The second-order valence-corrected chi connectivity index (χ2v) is 4.21. The second kappa shape index (κ2) is 5.84. The predicted molar refractivity (Wildman–Crippen MR) is 57.0 cm³/mol. The van der Waals surface area contributed by atoms with Crippen molar-refractivity contribution in [3.63, 3.8) is 0 Å². The average molecular weight is 196 g/mol. The third-order valence-corrected chi connectivity index (χ3v) is 2.83. The van der Waals surface area contributed by atoms with E-state index >= 15 is 0 Å². The van der Waals surface area contributed by atoms with Gasteiger partial charge in [-0.3, -0.25) is 0 Å². The fraction of sp³-hybridized carbons (Fsp3) is 0.750. The minimum atomic E-state index is -0.249. The highest BCUT2D eigenvalue weighted by atomic mass is 16.5. The van der Waals surface area contributed by atoms with Crippen LogP contribution in [0.5, 0.6) is 0 Å². The lowest BCUT2D eigenvalue weighted by Crippen LogP contribution is -2.12. The van der Waals surface area contributed by atoms with Crippen molar-refractivity contribution < 1.29 is 9.53 Å². The highest BCUT2D eigenvalue weighted by molar-refractivity contribution is 5.86. The molecule has 0 aromatic carbocycles. The summed E-state index contributed by atoms with van der Waals surface area (Å²) in [7, 11) is 0. The minimum Gasteiger partial charge on any atom is -0.462 e. The lowest BCUT2D eigenvalue weighted by Gasteiger charge is -2.20. The molecule has 0 spiro atoms. The summed E-state index contributed by atoms with van der Waals surface area (Å²) in [6.45, 7) is 5.80. The van der Waals surface area contributed by atoms with Gasteiger partial charge in [0.2, 0.25) is 0 Å². The number of carbonyl (C=O) groups is 1. The molecular formula is C12H20O2. The van der Waals surface area contributed by atoms with Crippen LogP contribution >= 0.6 is 0 Å². The molecule has 0 unspecified atom stereocenters. The smallest absolute Gasteiger partial charge is 0.333 e. The van der Waals surface area contributed by atoms with Crippen LogP contribution in [0.2, 0.25) is 0 Å². The second-order valence-electron chi connectivity index (χ2n) is 4.21. The largest absolute Gasteiger partial charge is 0.462 e. The van der Waals surface area contributed by atoms with E-state index in [1.807, 2.05) is 0 Å². The van der Waals surface area contributed by atoms with E-state index in [9.17, 15) is 4.79 Å². The Hall–Kier alpha value is -0.790. The maximum Gasteiger partial charge on any atom is 0.333 e. The van der Waals surface area contributed by atoms with Gasteiger partial charge in [-0.2, -0.15) is 0 Å². The SMILES string of the molecule is C=C(C)C(=O)OCCC1CCCCC1. The molecule has 1 aliphatic carbocycles. The molecule has 0 aromatic rings. The van der Waals surface area contributed by atoms with E-state index in [1.165, 1.54) is 32.1 Å². The molecule has 14 heavy (non-hydrogen) atoms. The standard InChI is InChI=1S/C12H20O2/c1-10(2)12(13)14-9-8-11-6-4-3-5-7-11/h11H,1,3-9H2,2H3. The summed E-state index contributed by atoms with van der Waals surface area (Å²) in [4.78, 5) is 11.1. The summed E-state index contributed by atoms with van der Waals surface area (Å²) >= 11 is 0. The number of esters is 1. The van der Waals surface area contributed by atoms with Crippen LogP contribution in [0.15, 0.2) is 12.2 Å². The average Bonchev–Trinajstić information content (AvgIpc) is 2.19. The van der Waals surface area contributed by atoms with Gasteiger partial charge in [0.15, 0.2) is 0 Å². The fourth-order valence-electron chi connectivity index (χ4n) is 1.92. The monoisotopic (exact) mass is 196 g/mol. The van der Waals surface area contributed by atoms with Crippen LogP contribution in [-0.2, 0) is 9.53 Å². The molecular weight excluding hydrogens is 176 g/mol. The molecule has 0 heterocycles. The summed E-state index contributed by atoms with van der Waals surface area (Å²) in [5.41, 5.74) is 0.494. The first-order chi connectivity index (χ1) is 6.70. The molecule has 1 rings (SSSR count). The lowest BCUT2D eigenvalue weighted by atomic mass is 9.87. The fourth-order valence-corrected chi connectivity index (χ4v) is 1.92. The molecule has 0 aliphatic heterocycles. The number of carbonyl (C=O) groups excluding carboxylic acids is 1. The van der Waals surface area contributed by atoms with Crippen molar-refractivity contribution in [2.75, 3.05) is 6.61 Å². The number of hydrogen-bond donors (Lipinski definition) is 0. The summed E-state index contributed by atoms with van der Waals surface area (Å²) < 4.78 is 5.07. The van der Waals surface area contributed by atoms with Gasteiger partial charge in [-0.05, 0) is 19.3 Å². The maximum atomic E-state index is 11.1. The van der Waals surface area contributed by atoms with Gasteiger partial charge in [-0.15, -0.1) is 0 Å². The Balaban J connectivity index is 2.08. The Bertz CT molecular complexity index is 202. The van der Waals surface area contributed by atoms with Gasteiger partial charge in [0.1, 0.15) is 0 Å². The van der Waals surface area contributed by atoms with Gasteiger partial charge < -0.3 is 4.74 Å². The summed E-state index contributed by atoms with van der Waals surface area (Å²) in [6, 6.07) is 0. The quantitative estimate of drug-likeness (QED) is 0.510. The summed E-state index contributed by atoms with van der Waals surface area (Å²) in [5, 5.41) is 0. The number of hydrogen-bond acceptors (Lipinski definition) is 2. The number of rotatable bonds is 4. The molecule has 1 saturated carbocycles. The van der Waals surface area contributed by atoms with Crippen molar-refractivity contribution in [2.45, 2.75) is 45.4 Å². The minimum absolute atomic E-state index is 0.249. The molecule has 80 valence electrons.